The lowest BCUT2D eigenvalue weighted by molar-refractivity contribution is -0.152. The van der Waals surface area contributed by atoms with Crippen LogP contribution in [0.15, 0.2) is 65.8 Å². The zero-order valence-electron chi connectivity index (χ0n) is 17.4. The fraction of sp³-hybridized carbons (Fsp3) is 0.304. The highest BCUT2D eigenvalue weighted by atomic mass is 32.2. The van der Waals surface area contributed by atoms with Gasteiger partial charge in [0.2, 0.25) is 0 Å². The second-order valence-corrected chi connectivity index (χ2v) is 8.78. The molecule has 7 heteroatoms. The van der Waals surface area contributed by atoms with E-state index in [9.17, 15) is 9.59 Å². The molecular formula is C23H25N3O3S. The van der Waals surface area contributed by atoms with E-state index in [2.05, 4.69) is 9.97 Å². The van der Waals surface area contributed by atoms with Gasteiger partial charge in [0.15, 0.2) is 6.61 Å². The number of nitrogens with zero attached hydrogens (tertiary/aromatic N) is 3. The Balaban J connectivity index is 1.53. The van der Waals surface area contributed by atoms with Crippen molar-refractivity contribution in [2.24, 2.45) is 0 Å². The van der Waals surface area contributed by atoms with Crippen LogP contribution in [0.25, 0.3) is 11.0 Å². The third-order valence-corrected chi connectivity index (χ3v) is 5.29. The monoisotopic (exact) mass is 423 g/mol. The Hall–Kier alpha value is -2.93. The smallest absolute Gasteiger partial charge is 0.316 e. The van der Waals surface area contributed by atoms with E-state index in [1.165, 1.54) is 11.8 Å². The molecule has 156 valence electrons. The third kappa shape index (κ3) is 6.03. The molecule has 3 aromatic rings. The molecule has 0 spiro atoms. The van der Waals surface area contributed by atoms with Gasteiger partial charge in [0.1, 0.15) is 5.03 Å². The summed E-state index contributed by atoms with van der Waals surface area (Å²) in [7, 11) is 0. The lowest BCUT2D eigenvalue weighted by atomic mass is 10.0. The lowest BCUT2D eigenvalue weighted by Crippen LogP contribution is -2.46. The number of amides is 1. The van der Waals surface area contributed by atoms with Crippen LogP contribution >= 0.6 is 11.8 Å². The first-order chi connectivity index (χ1) is 14.3. The number of carbonyl (C=O) groups is 2. The quantitative estimate of drug-likeness (QED) is 0.421. The van der Waals surface area contributed by atoms with E-state index < -0.39 is 11.5 Å². The van der Waals surface area contributed by atoms with Crippen LogP contribution in [0.3, 0.4) is 0 Å². The second-order valence-electron chi connectivity index (χ2n) is 7.78. The van der Waals surface area contributed by atoms with E-state index in [0.717, 1.165) is 16.6 Å². The van der Waals surface area contributed by atoms with Crippen molar-refractivity contribution in [3.05, 3.63) is 66.4 Å². The minimum Gasteiger partial charge on any atom is -0.455 e. The molecule has 0 aliphatic heterocycles. The fourth-order valence-electron chi connectivity index (χ4n) is 2.87. The van der Waals surface area contributed by atoms with Crippen molar-refractivity contribution in [3.63, 3.8) is 0 Å². The molecule has 1 aromatic heterocycles. The molecule has 30 heavy (non-hydrogen) atoms. The van der Waals surface area contributed by atoms with E-state index in [1.54, 1.807) is 11.1 Å². The van der Waals surface area contributed by atoms with Crippen LogP contribution in [0.5, 0.6) is 0 Å². The standard InChI is InChI=1S/C23H25N3O3S/c1-23(2,3)26(14-17-9-5-4-6-10-17)21(27)15-29-22(28)16-30-20-13-24-18-11-7-8-12-19(18)25-20/h4-13H,14-16H2,1-3H3. The van der Waals surface area contributed by atoms with Crippen LogP contribution in [-0.4, -0.2) is 44.6 Å². The molecule has 0 aliphatic rings. The summed E-state index contributed by atoms with van der Waals surface area (Å²) < 4.78 is 5.23. The fourth-order valence-corrected chi connectivity index (χ4v) is 3.51. The number of fused-ring (bicyclic) bond motifs is 1. The molecule has 3 rings (SSSR count). The van der Waals surface area contributed by atoms with Gasteiger partial charge in [-0.1, -0.05) is 54.2 Å². The van der Waals surface area contributed by atoms with Crippen LogP contribution in [0.1, 0.15) is 26.3 Å². The molecule has 0 radical (unpaired) electrons. The largest absolute Gasteiger partial charge is 0.455 e. The molecule has 2 aromatic carbocycles. The van der Waals surface area contributed by atoms with Crippen molar-refractivity contribution in [3.8, 4) is 0 Å². The van der Waals surface area contributed by atoms with Gasteiger partial charge in [-0.2, -0.15) is 0 Å². The first-order valence-electron chi connectivity index (χ1n) is 9.67. The number of thioether (sulfide) groups is 1. The van der Waals surface area contributed by atoms with Gasteiger partial charge >= 0.3 is 5.97 Å². The summed E-state index contributed by atoms with van der Waals surface area (Å²) >= 11 is 1.24. The lowest BCUT2D eigenvalue weighted by Gasteiger charge is -2.35. The van der Waals surface area contributed by atoms with E-state index in [1.807, 2.05) is 75.4 Å². The number of ether oxygens (including phenoxy) is 1. The summed E-state index contributed by atoms with van der Waals surface area (Å²) in [6.45, 7) is 6.06. The van der Waals surface area contributed by atoms with E-state index in [-0.39, 0.29) is 18.3 Å². The predicted octanol–water partition coefficient (Wildman–Crippen LogP) is 4.09. The van der Waals surface area contributed by atoms with Gasteiger partial charge in [-0.3, -0.25) is 14.6 Å². The molecule has 0 fully saturated rings. The highest BCUT2D eigenvalue weighted by Gasteiger charge is 2.27. The van der Waals surface area contributed by atoms with Gasteiger partial charge in [-0.15, -0.1) is 0 Å². The van der Waals surface area contributed by atoms with Crippen LogP contribution in [0, 0.1) is 0 Å². The van der Waals surface area contributed by atoms with Crippen molar-refractivity contribution >= 4 is 34.7 Å². The molecule has 0 atom stereocenters. The Morgan fingerprint density at radius 1 is 1.00 bits per heavy atom. The average Bonchev–Trinajstić information content (AvgIpc) is 2.74. The van der Waals surface area contributed by atoms with Crippen LogP contribution < -0.4 is 0 Å². The summed E-state index contributed by atoms with van der Waals surface area (Å²) in [4.78, 5) is 35.4. The Morgan fingerprint density at radius 2 is 1.67 bits per heavy atom. The normalized spacial score (nSPS) is 11.3. The van der Waals surface area contributed by atoms with Crippen molar-refractivity contribution < 1.29 is 14.3 Å². The number of aromatic nitrogens is 2. The number of benzene rings is 2. The maximum atomic E-state index is 12.7. The Bertz CT molecular complexity index is 1020. The summed E-state index contributed by atoms with van der Waals surface area (Å²) in [6.07, 6.45) is 1.63. The molecule has 0 N–H and O–H groups in total. The number of hydrogen-bond acceptors (Lipinski definition) is 6. The number of para-hydroxylation sites is 2. The van der Waals surface area contributed by atoms with Crippen molar-refractivity contribution in [1.82, 2.24) is 14.9 Å². The highest BCUT2D eigenvalue weighted by Crippen LogP contribution is 2.19. The minimum atomic E-state index is -0.461. The average molecular weight is 424 g/mol. The van der Waals surface area contributed by atoms with Crippen LogP contribution in [-0.2, 0) is 20.9 Å². The van der Waals surface area contributed by atoms with Gasteiger partial charge < -0.3 is 9.64 Å². The van der Waals surface area contributed by atoms with E-state index in [0.29, 0.717) is 11.6 Å². The van der Waals surface area contributed by atoms with E-state index in [4.69, 9.17) is 4.74 Å². The van der Waals surface area contributed by atoms with Crippen molar-refractivity contribution in [1.29, 1.82) is 0 Å². The number of carbonyl (C=O) groups excluding carboxylic acids is 2. The summed E-state index contributed by atoms with van der Waals surface area (Å²) in [5.74, 6) is -0.624. The molecule has 0 unspecified atom stereocenters. The maximum Gasteiger partial charge on any atom is 0.316 e. The molecule has 6 nitrogen and oxygen atoms in total. The number of rotatable bonds is 7. The number of esters is 1. The molecule has 1 heterocycles. The zero-order chi connectivity index (χ0) is 21.6. The van der Waals surface area contributed by atoms with Gasteiger partial charge in [0.25, 0.3) is 5.91 Å². The molecule has 0 aliphatic carbocycles. The van der Waals surface area contributed by atoms with E-state index >= 15 is 0 Å². The third-order valence-electron chi connectivity index (χ3n) is 4.42. The van der Waals surface area contributed by atoms with Crippen molar-refractivity contribution in [2.75, 3.05) is 12.4 Å². The SMILES string of the molecule is CC(C)(C)N(Cc1ccccc1)C(=O)COC(=O)CSc1cnc2ccccc2n1. The summed E-state index contributed by atoms with van der Waals surface area (Å²) in [5, 5.41) is 0.636. The molecule has 1 amide bonds. The minimum absolute atomic E-state index is 0.0640. The van der Waals surface area contributed by atoms with Gasteiger partial charge in [0.05, 0.1) is 23.0 Å². The molecule has 0 saturated carbocycles. The van der Waals surface area contributed by atoms with Crippen LogP contribution in [0.2, 0.25) is 0 Å². The Labute approximate surface area is 180 Å². The first kappa shape index (κ1) is 21.8. The van der Waals surface area contributed by atoms with Crippen molar-refractivity contribution in [2.45, 2.75) is 37.9 Å². The first-order valence-corrected chi connectivity index (χ1v) is 10.7. The maximum absolute atomic E-state index is 12.7. The predicted molar refractivity (Wildman–Crippen MR) is 118 cm³/mol. The summed E-state index contributed by atoms with van der Waals surface area (Å²) in [5.41, 5.74) is 2.20. The molecule has 0 saturated heterocycles. The second kappa shape index (κ2) is 9.71. The molecular weight excluding hydrogens is 398 g/mol. The van der Waals surface area contributed by atoms with Gasteiger partial charge in [-0.25, -0.2) is 4.98 Å². The summed E-state index contributed by atoms with van der Waals surface area (Å²) in [6, 6.07) is 17.3. The zero-order valence-corrected chi connectivity index (χ0v) is 18.2. The molecule has 0 bridgehead atoms. The highest BCUT2D eigenvalue weighted by molar-refractivity contribution is 7.99. The van der Waals surface area contributed by atoms with Crippen LogP contribution in [0.4, 0.5) is 0 Å². The Kier molecular flexibility index (Phi) is 7.05. The Morgan fingerprint density at radius 3 is 2.37 bits per heavy atom. The number of hydrogen-bond donors (Lipinski definition) is 0. The van der Waals surface area contributed by atoms with Gasteiger partial charge in [0, 0.05) is 12.1 Å². The topological polar surface area (TPSA) is 72.4 Å². The van der Waals surface area contributed by atoms with Gasteiger partial charge in [-0.05, 0) is 38.5 Å².